The number of rotatable bonds is 4. The Kier molecular flexibility index (Phi) is 4.09. The van der Waals surface area contributed by atoms with Crippen LogP contribution in [0.5, 0.6) is 0 Å². The number of imidazole rings is 1. The van der Waals surface area contributed by atoms with Gasteiger partial charge < -0.3 is 4.57 Å². The molecule has 0 bridgehead atoms. The van der Waals surface area contributed by atoms with Crippen molar-refractivity contribution in [3.63, 3.8) is 0 Å². The maximum Gasteiger partial charge on any atom is 0.261 e. The second-order valence-electron chi connectivity index (χ2n) is 6.25. The molecule has 3 rings (SSSR count). The van der Waals surface area contributed by atoms with Crippen molar-refractivity contribution in [1.82, 2.24) is 9.55 Å². The highest BCUT2D eigenvalue weighted by Crippen LogP contribution is 2.23. The van der Waals surface area contributed by atoms with Crippen LogP contribution >= 0.6 is 0 Å². The minimum atomic E-state index is -3.64. The second-order valence-corrected chi connectivity index (χ2v) is 7.93. The average Bonchev–Trinajstić information content (AvgIpc) is 2.82. The SMILES string of the molecule is Cc1nc2cc(S(=O)(=O)Nc3ccc(C(C)C)cc3)ccc2n1C. The van der Waals surface area contributed by atoms with E-state index in [2.05, 4.69) is 23.6 Å². The Morgan fingerprint density at radius 3 is 2.38 bits per heavy atom. The fourth-order valence-corrected chi connectivity index (χ4v) is 3.70. The van der Waals surface area contributed by atoms with Crippen LogP contribution in [0.25, 0.3) is 11.0 Å². The lowest BCUT2D eigenvalue weighted by molar-refractivity contribution is 0.601. The van der Waals surface area contributed by atoms with Gasteiger partial charge in [-0.2, -0.15) is 0 Å². The van der Waals surface area contributed by atoms with Crippen molar-refractivity contribution in [2.75, 3.05) is 4.72 Å². The molecule has 0 atom stereocenters. The second kappa shape index (κ2) is 5.94. The molecule has 0 aliphatic heterocycles. The van der Waals surface area contributed by atoms with Crippen LogP contribution in [0.4, 0.5) is 5.69 Å². The standard InChI is InChI=1S/C18H21N3O2S/c1-12(2)14-5-7-15(8-6-14)20-24(22,23)16-9-10-18-17(11-16)19-13(3)21(18)4/h5-12,20H,1-4H3. The molecule has 1 N–H and O–H groups in total. The number of nitrogens with zero attached hydrogens (tertiary/aromatic N) is 2. The van der Waals surface area contributed by atoms with E-state index < -0.39 is 10.0 Å². The number of sulfonamides is 1. The molecule has 0 spiro atoms. The fourth-order valence-electron chi connectivity index (χ4n) is 2.62. The third-order valence-corrected chi connectivity index (χ3v) is 5.59. The van der Waals surface area contributed by atoms with E-state index in [0.717, 1.165) is 11.3 Å². The van der Waals surface area contributed by atoms with E-state index in [9.17, 15) is 8.42 Å². The molecule has 0 aliphatic carbocycles. The monoisotopic (exact) mass is 343 g/mol. The molecule has 6 heteroatoms. The topological polar surface area (TPSA) is 64.0 Å². The molecule has 1 heterocycles. The van der Waals surface area contributed by atoms with Gasteiger partial charge in [-0.05, 0) is 48.7 Å². The summed E-state index contributed by atoms with van der Waals surface area (Å²) in [5, 5.41) is 0. The molecule has 126 valence electrons. The van der Waals surface area contributed by atoms with Gasteiger partial charge in [-0.25, -0.2) is 13.4 Å². The zero-order valence-electron chi connectivity index (χ0n) is 14.2. The van der Waals surface area contributed by atoms with Gasteiger partial charge >= 0.3 is 0 Å². The molecule has 0 saturated carbocycles. The summed E-state index contributed by atoms with van der Waals surface area (Å²) in [6.07, 6.45) is 0. The summed E-state index contributed by atoms with van der Waals surface area (Å²) in [6.45, 7) is 6.09. The molecule has 0 amide bonds. The summed E-state index contributed by atoms with van der Waals surface area (Å²) in [7, 11) is -1.73. The van der Waals surface area contributed by atoms with Gasteiger partial charge in [0.2, 0.25) is 0 Å². The van der Waals surface area contributed by atoms with E-state index in [1.165, 1.54) is 5.56 Å². The van der Waals surface area contributed by atoms with Crippen LogP contribution in [0.2, 0.25) is 0 Å². The molecule has 2 aromatic carbocycles. The summed E-state index contributed by atoms with van der Waals surface area (Å²) in [5.41, 5.74) is 3.31. The minimum Gasteiger partial charge on any atom is -0.331 e. The molecule has 24 heavy (non-hydrogen) atoms. The Morgan fingerprint density at radius 1 is 1.08 bits per heavy atom. The van der Waals surface area contributed by atoms with Crippen molar-refractivity contribution in [1.29, 1.82) is 0 Å². The summed E-state index contributed by atoms with van der Waals surface area (Å²) in [6, 6.07) is 12.4. The summed E-state index contributed by atoms with van der Waals surface area (Å²) >= 11 is 0. The zero-order valence-corrected chi connectivity index (χ0v) is 15.1. The van der Waals surface area contributed by atoms with Gasteiger partial charge in [0, 0.05) is 12.7 Å². The van der Waals surface area contributed by atoms with E-state index >= 15 is 0 Å². The minimum absolute atomic E-state index is 0.209. The summed E-state index contributed by atoms with van der Waals surface area (Å²) in [5.74, 6) is 1.25. The lowest BCUT2D eigenvalue weighted by atomic mass is 10.0. The maximum atomic E-state index is 12.6. The predicted octanol–water partition coefficient (Wildman–Crippen LogP) is 3.81. The van der Waals surface area contributed by atoms with Gasteiger partial charge in [-0.1, -0.05) is 26.0 Å². The van der Waals surface area contributed by atoms with Gasteiger partial charge in [-0.15, -0.1) is 0 Å². The normalized spacial score (nSPS) is 12.0. The Morgan fingerprint density at radius 2 is 1.75 bits per heavy atom. The molecule has 0 fully saturated rings. The third-order valence-electron chi connectivity index (χ3n) is 4.22. The highest BCUT2D eigenvalue weighted by atomic mass is 32.2. The number of fused-ring (bicyclic) bond motifs is 1. The number of benzene rings is 2. The number of hydrogen-bond acceptors (Lipinski definition) is 3. The van der Waals surface area contributed by atoms with E-state index in [4.69, 9.17) is 0 Å². The van der Waals surface area contributed by atoms with Gasteiger partial charge in [0.05, 0.1) is 15.9 Å². The van der Waals surface area contributed by atoms with E-state index in [0.29, 0.717) is 17.1 Å². The van der Waals surface area contributed by atoms with Crippen LogP contribution in [0.1, 0.15) is 31.2 Å². The molecular formula is C18H21N3O2S. The third kappa shape index (κ3) is 3.01. The van der Waals surface area contributed by atoms with E-state index in [1.54, 1.807) is 30.3 Å². The summed E-state index contributed by atoms with van der Waals surface area (Å²) in [4.78, 5) is 4.60. The van der Waals surface area contributed by atoms with Crippen molar-refractivity contribution in [2.24, 2.45) is 7.05 Å². The molecule has 0 saturated heterocycles. The highest BCUT2D eigenvalue weighted by Gasteiger charge is 2.16. The van der Waals surface area contributed by atoms with Crippen molar-refractivity contribution in [3.8, 4) is 0 Å². The summed E-state index contributed by atoms with van der Waals surface area (Å²) < 4.78 is 29.8. The van der Waals surface area contributed by atoms with Crippen LogP contribution in [-0.2, 0) is 17.1 Å². The Balaban J connectivity index is 1.92. The van der Waals surface area contributed by atoms with Crippen molar-refractivity contribution in [2.45, 2.75) is 31.6 Å². The van der Waals surface area contributed by atoms with E-state index in [1.807, 2.05) is 30.7 Å². The lowest BCUT2D eigenvalue weighted by Crippen LogP contribution is -2.13. The first kappa shape index (κ1) is 16.5. The van der Waals surface area contributed by atoms with Crippen molar-refractivity contribution < 1.29 is 8.42 Å². The first-order chi connectivity index (χ1) is 11.3. The van der Waals surface area contributed by atoms with Crippen LogP contribution in [0.3, 0.4) is 0 Å². The van der Waals surface area contributed by atoms with E-state index in [-0.39, 0.29) is 4.90 Å². The zero-order chi connectivity index (χ0) is 17.5. The van der Waals surface area contributed by atoms with Crippen LogP contribution in [0, 0.1) is 6.92 Å². The molecule has 5 nitrogen and oxygen atoms in total. The van der Waals surface area contributed by atoms with Gasteiger partial charge in [0.25, 0.3) is 10.0 Å². The molecular weight excluding hydrogens is 322 g/mol. The predicted molar refractivity (Wildman–Crippen MR) is 96.8 cm³/mol. The average molecular weight is 343 g/mol. The first-order valence-corrected chi connectivity index (χ1v) is 9.32. The number of hydrogen-bond donors (Lipinski definition) is 1. The lowest BCUT2D eigenvalue weighted by Gasteiger charge is -2.10. The molecule has 1 aromatic heterocycles. The first-order valence-electron chi connectivity index (χ1n) is 7.84. The van der Waals surface area contributed by atoms with Crippen molar-refractivity contribution in [3.05, 3.63) is 53.9 Å². The van der Waals surface area contributed by atoms with Crippen LogP contribution in [-0.4, -0.2) is 18.0 Å². The molecule has 0 radical (unpaired) electrons. The van der Waals surface area contributed by atoms with Gasteiger partial charge in [-0.3, -0.25) is 4.72 Å². The maximum absolute atomic E-state index is 12.6. The fraction of sp³-hybridized carbons (Fsp3) is 0.278. The number of aryl methyl sites for hydroxylation is 2. The van der Waals surface area contributed by atoms with Gasteiger partial charge in [0.1, 0.15) is 5.82 Å². The molecule has 0 aliphatic rings. The quantitative estimate of drug-likeness (QED) is 0.783. The highest BCUT2D eigenvalue weighted by molar-refractivity contribution is 7.92. The smallest absolute Gasteiger partial charge is 0.261 e. The van der Waals surface area contributed by atoms with Gasteiger partial charge in [0.15, 0.2) is 0 Å². The Bertz CT molecular complexity index is 987. The number of anilines is 1. The largest absolute Gasteiger partial charge is 0.331 e. The Labute approximate surface area is 142 Å². The van der Waals surface area contributed by atoms with Crippen LogP contribution < -0.4 is 4.72 Å². The number of nitrogens with one attached hydrogen (secondary N) is 1. The molecule has 0 unspecified atom stereocenters. The number of aromatic nitrogens is 2. The van der Waals surface area contributed by atoms with Crippen molar-refractivity contribution >= 4 is 26.7 Å². The van der Waals surface area contributed by atoms with Crippen LogP contribution in [0.15, 0.2) is 47.4 Å². The Hall–Kier alpha value is -2.34. The molecule has 3 aromatic rings.